The fourth-order valence-corrected chi connectivity index (χ4v) is 1.98. The van der Waals surface area contributed by atoms with Gasteiger partial charge in [-0.05, 0) is 25.5 Å². The monoisotopic (exact) mass is 261 g/mol. The number of fused-ring (bicyclic) bond motifs is 1. The van der Waals surface area contributed by atoms with E-state index in [0.29, 0.717) is 17.0 Å². The van der Waals surface area contributed by atoms with Crippen LogP contribution in [0.15, 0.2) is 18.3 Å². The molecule has 0 atom stereocenters. The molecule has 0 saturated heterocycles. The summed E-state index contributed by atoms with van der Waals surface area (Å²) in [4.78, 5) is 28.4. The molecule has 0 unspecified atom stereocenters. The number of imidazole rings is 1. The number of hydrogen-bond acceptors (Lipinski definition) is 3. The van der Waals surface area contributed by atoms with Crippen LogP contribution in [0.2, 0.25) is 0 Å². The average molecular weight is 261 g/mol. The molecule has 2 aromatic heterocycles. The van der Waals surface area contributed by atoms with E-state index in [-0.39, 0.29) is 12.5 Å². The Morgan fingerprint density at radius 3 is 2.68 bits per heavy atom. The van der Waals surface area contributed by atoms with Crippen molar-refractivity contribution in [2.24, 2.45) is 0 Å². The number of aromatic nitrogens is 2. The molecule has 0 aromatic carbocycles. The first kappa shape index (κ1) is 13.1. The maximum Gasteiger partial charge on any atom is 0.323 e. The summed E-state index contributed by atoms with van der Waals surface area (Å²) in [5.74, 6) is -1.39. The first-order valence-electron chi connectivity index (χ1n) is 5.82. The van der Waals surface area contributed by atoms with Crippen molar-refractivity contribution in [3.05, 3.63) is 35.3 Å². The van der Waals surface area contributed by atoms with Gasteiger partial charge in [-0.2, -0.15) is 0 Å². The van der Waals surface area contributed by atoms with Crippen LogP contribution in [0.3, 0.4) is 0 Å². The predicted octanol–water partition coefficient (Wildman–Crippen LogP) is 1.11. The van der Waals surface area contributed by atoms with E-state index in [2.05, 4.69) is 4.98 Å². The Morgan fingerprint density at radius 1 is 1.37 bits per heavy atom. The van der Waals surface area contributed by atoms with Gasteiger partial charge in [-0.1, -0.05) is 6.07 Å². The highest BCUT2D eigenvalue weighted by Crippen LogP contribution is 2.15. The quantitative estimate of drug-likeness (QED) is 0.898. The first-order chi connectivity index (χ1) is 8.90. The summed E-state index contributed by atoms with van der Waals surface area (Å²) < 4.78 is 1.70. The lowest BCUT2D eigenvalue weighted by atomic mass is 10.3. The molecule has 0 aliphatic carbocycles. The molecule has 0 fully saturated rings. The van der Waals surface area contributed by atoms with Crippen LogP contribution >= 0.6 is 0 Å². The fraction of sp³-hybridized carbons (Fsp3) is 0.308. The van der Waals surface area contributed by atoms with E-state index in [1.165, 1.54) is 11.9 Å². The van der Waals surface area contributed by atoms with Crippen molar-refractivity contribution in [1.29, 1.82) is 0 Å². The molecule has 2 rings (SSSR count). The molecule has 6 heteroatoms. The number of carbonyl (C=O) groups excluding carboxylic acids is 1. The Labute approximate surface area is 110 Å². The molecule has 0 spiro atoms. The van der Waals surface area contributed by atoms with Crippen molar-refractivity contribution < 1.29 is 14.7 Å². The van der Waals surface area contributed by atoms with Gasteiger partial charge in [-0.3, -0.25) is 14.0 Å². The maximum atomic E-state index is 12.3. The number of carbonyl (C=O) groups is 2. The van der Waals surface area contributed by atoms with Gasteiger partial charge in [0.05, 0.1) is 5.69 Å². The lowest BCUT2D eigenvalue weighted by Gasteiger charge is -2.14. The second-order valence-electron chi connectivity index (χ2n) is 4.54. The van der Waals surface area contributed by atoms with Gasteiger partial charge < -0.3 is 10.0 Å². The van der Waals surface area contributed by atoms with Crippen molar-refractivity contribution in [2.75, 3.05) is 13.6 Å². The number of pyridine rings is 1. The van der Waals surface area contributed by atoms with Crippen molar-refractivity contribution >= 4 is 17.5 Å². The number of aliphatic carboxylic acids is 1. The summed E-state index contributed by atoms with van der Waals surface area (Å²) in [6.45, 7) is 3.32. The number of hydrogen-bond donors (Lipinski definition) is 1. The third-order valence-electron chi connectivity index (χ3n) is 2.86. The fourth-order valence-electron chi connectivity index (χ4n) is 1.98. The second-order valence-corrected chi connectivity index (χ2v) is 4.54. The van der Waals surface area contributed by atoms with Crippen LogP contribution < -0.4 is 0 Å². The zero-order chi connectivity index (χ0) is 14.2. The lowest BCUT2D eigenvalue weighted by molar-refractivity contribution is -0.137. The predicted molar refractivity (Wildman–Crippen MR) is 69.3 cm³/mol. The Hall–Kier alpha value is -2.37. The summed E-state index contributed by atoms with van der Waals surface area (Å²) >= 11 is 0. The molecular weight excluding hydrogens is 246 g/mol. The van der Waals surface area contributed by atoms with E-state index in [0.717, 1.165) is 5.56 Å². The molecule has 100 valence electrons. The number of carboxylic acid groups (broad SMARTS) is 1. The molecule has 2 heterocycles. The van der Waals surface area contributed by atoms with E-state index in [1.54, 1.807) is 11.3 Å². The summed E-state index contributed by atoms with van der Waals surface area (Å²) in [5, 5.41) is 8.74. The molecule has 1 amide bonds. The summed E-state index contributed by atoms with van der Waals surface area (Å²) in [7, 11) is 1.46. The topological polar surface area (TPSA) is 74.9 Å². The number of amides is 1. The van der Waals surface area contributed by atoms with Crippen LogP contribution in [-0.4, -0.2) is 44.9 Å². The molecule has 1 N–H and O–H groups in total. The minimum Gasteiger partial charge on any atom is -0.480 e. The third kappa shape index (κ3) is 2.42. The second kappa shape index (κ2) is 4.72. The molecule has 0 aliphatic heterocycles. The highest BCUT2D eigenvalue weighted by molar-refractivity contribution is 5.96. The molecule has 0 radical (unpaired) electrons. The van der Waals surface area contributed by atoms with Gasteiger partial charge in [0.2, 0.25) is 0 Å². The smallest absolute Gasteiger partial charge is 0.323 e. The van der Waals surface area contributed by atoms with Gasteiger partial charge in [0.1, 0.15) is 17.9 Å². The van der Waals surface area contributed by atoms with Gasteiger partial charge in [0, 0.05) is 13.2 Å². The van der Waals surface area contributed by atoms with Gasteiger partial charge in [-0.15, -0.1) is 0 Å². The molecule has 0 saturated carbocycles. The molecule has 0 aliphatic rings. The van der Waals surface area contributed by atoms with Crippen molar-refractivity contribution in [1.82, 2.24) is 14.3 Å². The zero-order valence-corrected chi connectivity index (χ0v) is 11.0. The number of likely N-dealkylation sites (N-methyl/N-ethyl adjacent to an activating group) is 1. The first-order valence-corrected chi connectivity index (χ1v) is 5.82. The summed E-state index contributed by atoms with van der Waals surface area (Å²) in [6.07, 6.45) is 1.82. The van der Waals surface area contributed by atoms with Crippen molar-refractivity contribution in [3.8, 4) is 0 Å². The Kier molecular flexibility index (Phi) is 3.25. The van der Waals surface area contributed by atoms with E-state index in [4.69, 9.17) is 5.11 Å². The highest BCUT2D eigenvalue weighted by Gasteiger charge is 2.21. The summed E-state index contributed by atoms with van der Waals surface area (Å²) in [5.41, 5.74) is 2.67. The number of nitrogens with zero attached hydrogens (tertiary/aromatic N) is 3. The van der Waals surface area contributed by atoms with Crippen LogP contribution in [0, 0.1) is 13.8 Å². The van der Waals surface area contributed by atoms with E-state index in [9.17, 15) is 9.59 Å². The Morgan fingerprint density at radius 2 is 2.05 bits per heavy atom. The molecular formula is C13H15N3O3. The third-order valence-corrected chi connectivity index (χ3v) is 2.86. The van der Waals surface area contributed by atoms with E-state index >= 15 is 0 Å². The number of carboxylic acids is 1. The van der Waals surface area contributed by atoms with E-state index in [1.807, 2.05) is 25.3 Å². The zero-order valence-electron chi connectivity index (χ0n) is 11.0. The lowest BCUT2D eigenvalue weighted by Crippen LogP contribution is -2.33. The van der Waals surface area contributed by atoms with Gasteiger partial charge >= 0.3 is 5.97 Å². The minimum atomic E-state index is -1.04. The Balaban J connectivity index is 2.49. The summed E-state index contributed by atoms with van der Waals surface area (Å²) in [6, 6.07) is 3.74. The standard InChI is InChI=1S/C13H15N3O3/c1-8-4-5-10-14-9(2)12(16(10)6-8)13(19)15(3)7-11(17)18/h4-6H,7H2,1-3H3,(H,17,18). The highest BCUT2D eigenvalue weighted by atomic mass is 16.4. The van der Waals surface area contributed by atoms with Crippen molar-refractivity contribution in [3.63, 3.8) is 0 Å². The van der Waals surface area contributed by atoms with Crippen LogP contribution in [-0.2, 0) is 4.79 Å². The van der Waals surface area contributed by atoms with Crippen LogP contribution in [0.1, 0.15) is 21.7 Å². The van der Waals surface area contributed by atoms with Gasteiger partial charge in [0.25, 0.3) is 5.91 Å². The minimum absolute atomic E-state index is 0.336. The number of rotatable bonds is 3. The normalized spacial score (nSPS) is 10.7. The van der Waals surface area contributed by atoms with Crippen molar-refractivity contribution in [2.45, 2.75) is 13.8 Å². The van der Waals surface area contributed by atoms with Crippen LogP contribution in [0.4, 0.5) is 0 Å². The van der Waals surface area contributed by atoms with Crippen LogP contribution in [0.5, 0.6) is 0 Å². The van der Waals surface area contributed by atoms with Gasteiger partial charge in [0.15, 0.2) is 0 Å². The number of aryl methyl sites for hydroxylation is 2. The largest absolute Gasteiger partial charge is 0.480 e. The molecule has 19 heavy (non-hydrogen) atoms. The van der Waals surface area contributed by atoms with Gasteiger partial charge in [-0.25, -0.2) is 4.98 Å². The Bertz CT molecular complexity index is 660. The molecule has 0 bridgehead atoms. The molecule has 2 aromatic rings. The van der Waals surface area contributed by atoms with Crippen LogP contribution in [0.25, 0.3) is 5.65 Å². The average Bonchev–Trinajstić information content (AvgIpc) is 2.62. The SMILES string of the molecule is Cc1ccc2nc(C)c(C(=O)N(C)CC(=O)O)n2c1. The van der Waals surface area contributed by atoms with E-state index < -0.39 is 5.97 Å². The molecule has 6 nitrogen and oxygen atoms in total. The maximum absolute atomic E-state index is 12.3.